The minimum absolute atomic E-state index is 0.102. The third-order valence-corrected chi connectivity index (χ3v) is 5.83. The number of hydrogen-bond acceptors (Lipinski definition) is 3. The second kappa shape index (κ2) is 7.11. The van der Waals surface area contributed by atoms with E-state index in [4.69, 9.17) is 23.2 Å². The lowest BCUT2D eigenvalue weighted by molar-refractivity contribution is 0.102. The van der Waals surface area contributed by atoms with Crippen LogP contribution in [0.25, 0.3) is 5.69 Å². The summed E-state index contributed by atoms with van der Waals surface area (Å²) in [7, 11) is 0. The number of hydrogen-bond donors (Lipinski definition) is 1. The van der Waals surface area contributed by atoms with Crippen LogP contribution in [0.3, 0.4) is 0 Å². The van der Waals surface area contributed by atoms with Gasteiger partial charge in [-0.2, -0.15) is 5.10 Å². The summed E-state index contributed by atoms with van der Waals surface area (Å²) in [5.74, 6) is -0.0274. The van der Waals surface area contributed by atoms with Crippen LogP contribution in [0.5, 0.6) is 0 Å². The summed E-state index contributed by atoms with van der Waals surface area (Å²) in [6.45, 7) is 0. The molecule has 0 bridgehead atoms. The van der Waals surface area contributed by atoms with E-state index in [0.717, 1.165) is 37.1 Å². The highest BCUT2D eigenvalue weighted by molar-refractivity contribution is 6.40. The average molecular weight is 431 g/mol. The Labute approximate surface area is 176 Å². The molecule has 2 saturated carbocycles. The Hall–Kier alpha value is -2.44. The van der Waals surface area contributed by atoms with Gasteiger partial charge >= 0.3 is 0 Å². The molecule has 0 spiro atoms. The molecule has 1 N–H and O–H groups in total. The number of benzene rings is 1. The fraction of sp³-hybridized carbons (Fsp3) is 0.286. The first-order chi connectivity index (χ1) is 14.0. The summed E-state index contributed by atoms with van der Waals surface area (Å²) >= 11 is 12.0. The van der Waals surface area contributed by atoms with Crippen molar-refractivity contribution < 1.29 is 9.18 Å². The Morgan fingerprint density at radius 1 is 1.07 bits per heavy atom. The van der Waals surface area contributed by atoms with Crippen molar-refractivity contribution in [2.24, 2.45) is 0 Å². The second-order valence-corrected chi connectivity index (χ2v) is 8.37. The Kier molecular flexibility index (Phi) is 4.56. The van der Waals surface area contributed by atoms with Crippen molar-refractivity contribution in [3.8, 4) is 5.69 Å². The molecule has 29 heavy (non-hydrogen) atoms. The summed E-state index contributed by atoms with van der Waals surface area (Å²) in [6, 6.07) is 6.69. The van der Waals surface area contributed by atoms with Crippen LogP contribution >= 0.6 is 23.2 Å². The number of halogens is 3. The molecular formula is C21H17Cl2FN4O. The van der Waals surface area contributed by atoms with E-state index < -0.39 is 11.7 Å². The molecular weight excluding hydrogens is 414 g/mol. The summed E-state index contributed by atoms with van der Waals surface area (Å²) in [5.41, 5.74) is 2.91. The van der Waals surface area contributed by atoms with Crippen molar-refractivity contribution >= 4 is 34.8 Å². The van der Waals surface area contributed by atoms with Gasteiger partial charge in [-0.15, -0.1) is 0 Å². The minimum Gasteiger partial charge on any atom is -0.322 e. The summed E-state index contributed by atoms with van der Waals surface area (Å²) in [5, 5.41) is 7.57. The summed E-state index contributed by atoms with van der Waals surface area (Å²) in [6.07, 6.45) is 7.18. The van der Waals surface area contributed by atoms with Gasteiger partial charge in [0.2, 0.25) is 0 Å². The van der Waals surface area contributed by atoms with Crippen molar-refractivity contribution in [3.63, 3.8) is 0 Å². The van der Waals surface area contributed by atoms with Crippen LogP contribution < -0.4 is 5.32 Å². The molecule has 8 heteroatoms. The first-order valence-electron chi connectivity index (χ1n) is 9.51. The number of anilines is 1. The molecule has 0 atom stereocenters. The zero-order chi connectivity index (χ0) is 20.1. The third-order valence-electron chi connectivity index (χ3n) is 5.26. The first kappa shape index (κ1) is 18.6. The van der Waals surface area contributed by atoms with Crippen LogP contribution in [-0.4, -0.2) is 20.7 Å². The molecule has 1 aromatic carbocycles. The van der Waals surface area contributed by atoms with Crippen molar-refractivity contribution in [1.29, 1.82) is 0 Å². The maximum atomic E-state index is 15.0. The molecule has 0 saturated heterocycles. The lowest BCUT2D eigenvalue weighted by Gasteiger charge is -2.11. The van der Waals surface area contributed by atoms with Gasteiger partial charge in [-0.25, -0.2) is 9.07 Å². The van der Waals surface area contributed by atoms with Gasteiger partial charge in [-0.3, -0.25) is 9.78 Å². The third kappa shape index (κ3) is 3.63. The molecule has 2 aromatic heterocycles. The predicted octanol–water partition coefficient (Wildman–Crippen LogP) is 5.72. The van der Waals surface area contributed by atoms with Gasteiger partial charge in [0.05, 0.1) is 21.3 Å². The second-order valence-electron chi connectivity index (χ2n) is 7.55. The predicted molar refractivity (Wildman–Crippen MR) is 110 cm³/mol. The lowest BCUT2D eigenvalue weighted by Crippen LogP contribution is -2.14. The average Bonchev–Trinajstić information content (AvgIpc) is 3.60. The first-order valence-corrected chi connectivity index (χ1v) is 10.3. The van der Waals surface area contributed by atoms with Crippen molar-refractivity contribution in [2.45, 2.75) is 37.5 Å². The molecule has 1 amide bonds. The number of amides is 1. The Bertz CT molecular complexity index is 1100. The number of carbonyl (C=O) groups excluding carboxylic acids is 1. The smallest absolute Gasteiger partial charge is 0.258 e. The molecule has 0 aliphatic heterocycles. The Morgan fingerprint density at radius 3 is 2.38 bits per heavy atom. The SMILES string of the molecule is O=C(Nc1ccc(-n2nc(C3CC3)cc2C2CC2)c(F)c1)c1c(Cl)cncc1Cl. The maximum Gasteiger partial charge on any atom is 0.258 e. The number of aromatic nitrogens is 3. The van der Waals surface area contributed by atoms with E-state index in [0.29, 0.717) is 23.2 Å². The number of rotatable bonds is 5. The molecule has 2 heterocycles. The monoisotopic (exact) mass is 430 g/mol. The molecule has 0 unspecified atom stereocenters. The lowest BCUT2D eigenvalue weighted by atomic mass is 10.2. The molecule has 2 fully saturated rings. The zero-order valence-electron chi connectivity index (χ0n) is 15.3. The van der Waals surface area contributed by atoms with Crippen molar-refractivity contribution in [3.05, 3.63) is 69.5 Å². The number of pyridine rings is 1. The van der Waals surface area contributed by atoms with Gasteiger partial charge in [0.25, 0.3) is 5.91 Å². The molecule has 0 radical (unpaired) electrons. The van der Waals surface area contributed by atoms with E-state index in [1.54, 1.807) is 16.8 Å². The standard InChI is InChI=1S/C21H17Cl2FN4O/c22-14-9-25-10-15(23)20(14)21(29)26-13-5-6-18(16(24)7-13)28-19(12-3-4-12)8-17(27-28)11-1-2-11/h5-12H,1-4H2,(H,26,29). The van der Waals surface area contributed by atoms with Crippen LogP contribution in [0.1, 0.15) is 59.3 Å². The van der Waals surface area contributed by atoms with E-state index in [2.05, 4.69) is 21.5 Å². The molecule has 148 valence electrons. The number of carbonyl (C=O) groups is 1. The number of nitrogens with one attached hydrogen (secondary N) is 1. The van der Waals surface area contributed by atoms with Crippen LogP contribution in [0.15, 0.2) is 36.7 Å². The van der Waals surface area contributed by atoms with Gasteiger partial charge in [-0.1, -0.05) is 23.2 Å². The van der Waals surface area contributed by atoms with Crippen LogP contribution in [0.2, 0.25) is 10.0 Å². The van der Waals surface area contributed by atoms with E-state index >= 15 is 0 Å². The van der Waals surface area contributed by atoms with Gasteiger partial charge < -0.3 is 5.32 Å². The molecule has 5 nitrogen and oxygen atoms in total. The van der Waals surface area contributed by atoms with Gasteiger partial charge in [0, 0.05) is 35.6 Å². The highest BCUT2D eigenvalue weighted by atomic mass is 35.5. The topological polar surface area (TPSA) is 59.8 Å². The fourth-order valence-corrected chi connectivity index (χ4v) is 3.97. The molecule has 2 aliphatic rings. The Balaban J connectivity index is 1.43. The molecule has 3 aromatic rings. The zero-order valence-corrected chi connectivity index (χ0v) is 16.8. The Morgan fingerprint density at radius 2 is 1.76 bits per heavy atom. The highest BCUT2D eigenvalue weighted by Gasteiger charge is 2.33. The fourth-order valence-electron chi connectivity index (χ4n) is 3.43. The van der Waals surface area contributed by atoms with Gasteiger partial charge in [0.15, 0.2) is 5.82 Å². The van der Waals surface area contributed by atoms with Crippen LogP contribution in [0.4, 0.5) is 10.1 Å². The van der Waals surface area contributed by atoms with E-state index in [-0.39, 0.29) is 15.6 Å². The summed E-state index contributed by atoms with van der Waals surface area (Å²) in [4.78, 5) is 16.3. The van der Waals surface area contributed by atoms with Crippen molar-refractivity contribution in [2.75, 3.05) is 5.32 Å². The quantitative estimate of drug-likeness (QED) is 0.562. The van der Waals surface area contributed by atoms with E-state index in [1.165, 1.54) is 18.5 Å². The van der Waals surface area contributed by atoms with Crippen molar-refractivity contribution in [1.82, 2.24) is 14.8 Å². The maximum absolute atomic E-state index is 15.0. The van der Waals surface area contributed by atoms with Gasteiger partial charge in [0.1, 0.15) is 5.69 Å². The van der Waals surface area contributed by atoms with E-state index in [9.17, 15) is 9.18 Å². The highest BCUT2D eigenvalue weighted by Crippen LogP contribution is 2.45. The molecule has 2 aliphatic carbocycles. The molecule has 5 rings (SSSR count). The van der Waals surface area contributed by atoms with Crippen LogP contribution in [0, 0.1) is 5.82 Å². The number of nitrogens with zero attached hydrogens (tertiary/aromatic N) is 3. The summed E-state index contributed by atoms with van der Waals surface area (Å²) < 4.78 is 16.7. The van der Waals surface area contributed by atoms with Gasteiger partial charge in [-0.05, 0) is 49.9 Å². The minimum atomic E-state index is -0.525. The largest absolute Gasteiger partial charge is 0.322 e. The van der Waals surface area contributed by atoms with Crippen LogP contribution in [-0.2, 0) is 0 Å². The normalized spacial score (nSPS) is 16.1. The van der Waals surface area contributed by atoms with E-state index in [1.807, 2.05) is 0 Å².